The molecule has 6 heterocycles. The summed E-state index contributed by atoms with van der Waals surface area (Å²) in [4.78, 5) is 0. The molecule has 2 aliphatic rings. The maximum Gasteiger partial charge on any atom is 0.231 e. The Morgan fingerprint density at radius 3 is 2.34 bits per heavy atom. The van der Waals surface area contributed by atoms with E-state index in [1.54, 1.807) is 0 Å². The van der Waals surface area contributed by atoms with E-state index in [1.165, 1.54) is 64.8 Å². The molecule has 4 nitrogen and oxygen atoms in total. The van der Waals surface area contributed by atoms with Crippen LogP contribution in [0.5, 0.6) is 0 Å². The fourth-order valence-corrected chi connectivity index (χ4v) is 9.97. The molecule has 47 heavy (non-hydrogen) atoms. The quantitative estimate of drug-likeness (QED) is 0.174. The second kappa shape index (κ2) is 9.84. The Labute approximate surface area is 280 Å². The van der Waals surface area contributed by atoms with Crippen LogP contribution in [-0.4, -0.2) is 9.78 Å². The predicted molar refractivity (Wildman–Crippen MR) is 194 cm³/mol. The van der Waals surface area contributed by atoms with Crippen molar-refractivity contribution in [2.75, 3.05) is 0 Å². The number of nitrogens with zero attached hydrogens (tertiary/aromatic N) is 4. The van der Waals surface area contributed by atoms with Crippen LogP contribution < -0.4 is 9.13 Å². The zero-order chi connectivity index (χ0) is 32.3. The van der Waals surface area contributed by atoms with Crippen molar-refractivity contribution in [2.45, 2.75) is 83.8 Å². The van der Waals surface area contributed by atoms with E-state index in [1.807, 2.05) is 11.3 Å². The first-order valence-corrected chi connectivity index (χ1v) is 18.0. The van der Waals surface area contributed by atoms with E-state index in [0.717, 1.165) is 31.5 Å². The van der Waals surface area contributed by atoms with Gasteiger partial charge in [0.05, 0.1) is 11.3 Å². The van der Waals surface area contributed by atoms with Crippen molar-refractivity contribution in [3.63, 3.8) is 0 Å². The molecule has 0 fully saturated rings. The van der Waals surface area contributed by atoms with Crippen molar-refractivity contribution >= 4 is 42.4 Å². The number of aromatic nitrogens is 4. The number of rotatable bonds is 2. The van der Waals surface area contributed by atoms with Crippen molar-refractivity contribution in [2.24, 2.45) is 0 Å². The summed E-state index contributed by atoms with van der Waals surface area (Å²) in [5.41, 5.74) is 9.64. The summed E-state index contributed by atoms with van der Waals surface area (Å²) < 4.78 is 10.4. The molecule has 1 spiro atoms. The first-order valence-electron chi connectivity index (χ1n) is 17.2. The Kier molecular flexibility index (Phi) is 6.04. The largest absolute Gasteiger partial charge is 0.241 e. The number of para-hydroxylation sites is 1. The van der Waals surface area contributed by atoms with Gasteiger partial charge in [0.15, 0.2) is 23.8 Å². The van der Waals surface area contributed by atoms with E-state index in [2.05, 4.69) is 153 Å². The second-order valence-electron chi connectivity index (χ2n) is 15.0. The van der Waals surface area contributed by atoms with Crippen LogP contribution in [0.25, 0.3) is 53.7 Å². The van der Waals surface area contributed by atoms with E-state index in [0.29, 0.717) is 0 Å². The fourth-order valence-electron chi connectivity index (χ4n) is 8.84. The summed E-state index contributed by atoms with van der Waals surface area (Å²) in [7, 11) is 0. The van der Waals surface area contributed by atoms with E-state index in [4.69, 9.17) is 5.10 Å². The standard InChI is InChI=1S/C42H42N4S/c1-7-41(8-2)25-42(46-36(24-39(43-46)40(4,5)6)34-18-13-14-20-45(34)41)26-44-33-17-11-9-15-28(33)27(3)21-35(44)31-22-30-29-16-10-12-19-37(29)47-38(30)23-32(31)42/h9-24H,7-8,25-26H2,1-6H3/q+2. The van der Waals surface area contributed by atoms with Gasteiger partial charge in [-0.05, 0) is 48.9 Å². The smallest absolute Gasteiger partial charge is 0.231 e. The van der Waals surface area contributed by atoms with Gasteiger partial charge in [0.25, 0.3) is 0 Å². The van der Waals surface area contributed by atoms with Gasteiger partial charge in [0, 0.05) is 80.1 Å². The monoisotopic (exact) mass is 634 g/mol. The van der Waals surface area contributed by atoms with E-state index in [-0.39, 0.29) is 11.0 Å². The molecule has 0 saturated heterocycles. The summed E-state index contributed by atoms with van der Waals surface area (Å²) in [5.74, 6) is 0. The third-order valence-electron chi connectivity index (χ3n) is 11.4. The Hall–Kier alpha value is -4.35. The lowest BCUT2D eigenvalue weighted by atomic mass is 9.71. The molecule has 3 aromatic carbocycles. The Morgan fingerprint density at radius 1 is 0.809 bits per heavy atom. The van der Waals surface area contributed by atoms with Gasteiger partial charge >= 0.3 is 0 Å². The molecule has 2 aliphatic heterocycles. The third kappa shape index (κ3) is 3.90. The van der Waals surface area contributed by atoms with Gasteiger partial charge in [0.2, 0.25) is 16.9 Å². The maximum absolute atomic E-state index is 5.68. The van der Waals surface area contributed by atoms with Crippen molar-refractivity contribution in [3.8, 4) is 22.6 Å². The van der Waals surface area contributed by atoms with Gasteiger partial charge in [0.1, 0.15) is 5.69 Å². The minimum absolute atomic E-state index is 0.0889. The molecule has 5 heteroatoms. The highest BCUT2D eigenvalue weighted by molar-refractivity contribution is 7.25. The average molecular weight is 635 g/mol. The van der Waals surface area contributed by atoms with Crippen molar-refractivity contribution < 1.29 is 9.13 Å². The molecule has 0 amide bonds. The van der Waals surface area contributed by atoms with E-state index in [9.17, 15) is 0 Å². The number of pyridine rings is 2. The first kappa shape index (κ1) is 28.8. The van der Waals surface area contributed by atoms with Gasteiger partial charge in [-0.25, -0.2) is 4.68 Å². The molecule has 0 bridgehead atoms. The SMILES string of the molecule is CCC1(CC)CC2(C[n+]3c(cc(C)c4ccccc43)-c3cc4c(cc32)sc2ccccc24)n2nc(C(C)(C)C)cc2-c2cccc[n+]21. The topological polar surface area (TPSA) is 25.6 Å². The van der Waals surface area contributed by atoms with Crippen LogP contribution in [0.15, 0.2) is 97.2 Å². The molecule has 7 aromatic rings. The Morgan fingerprint density at radius 2 is 1.55 bits per heavy atom. The number of benzene rings is 3. The summed E-state index contributed by atoms with van der Waals surface area (Å²) >= 11 is 1.92. The van der Waals surface area contributed by atoms with Crippen molar-refractivity contribution in [1.29, 1.82) is 0 Å². The van der Waals surface area contributed by atoms with E-state index >= 15 is 0 Å². The predicted octanol–water partition coefficient (Wildman–Crippen LogP) is 9.60. The van der Waals surface area contributed by atoms with Gasteiger partial charge in [-0.15, -0.1) is 11.3 Å². The zero-order valence-electron chi connectivity index (χ0n) is 28.3. The zero-order valence-corrected chi connectivity index (χ0v) is 29.1. The number of thiophene rings is 1. The van der Waals surface area contributed by atoms with Crippen molar-refractivity contribution in [1.82, 2.24) is 9.78 Å². The van der Waals surface area contributed by atoms with Gasteiger partial charge < -0.3 is 0 Å². The lowest BCUT2D eigenvalue weighted by Gasteiger charge is -2.40. The number of hydrogen-bond acceptors (Lipinski definition) is 2. The molecule has 0 N–H and O–H groups in total. The van der Waals surface area contributed by atoms with Crippen LogP contribution in [0.4, 0.5) is 0 Å². The van der Waals surface area contributed by atoms with Gasteiger partial charge in [-0.2, -0.15) is 14.2 Å². The molecule has 1 atom stereocenters. The number of hydrogen-bond donors (Lipinski definition) is 0. The van der Waals surface area contributed by atoms with Crippen LogP contribution in [0.1, 0.15) is 70.7 Å². The molecule has 0 aliphatic carbocycles. The fraction of sp³-hybridized carbons (Fsp3) is 0.310. The third-order valence-corrected chi connectivity index (χ3v) is 12.6. The molecular formula is C42H42N4S+2. The molecule has 0 saturated carbocycles. The van der Waals surface area contributed by atoms with Gasteiger partial charge in [-0.1, -0.05) is 65.0 Å². The highest BCUT2D eigenvalue weighted by atomic mass is 32.1. The molecule has 4 aromatic heterocycles. The maximum atomic E-state index is 5.68. The molecule has 1 unspecified atom stereocenters. The van der Waals surface area contributed by atoms with Crippen LogP contribution in [0.3, 0.4) is 0 Å². The van der Waals surface area contributed by atoms with E-state index < -0.39 is 5.54 Å². The minimum Gasteiger partial charge on any atom is -0.241 e. The van der Waals surface area contributed by atoms with Gasteiger partial charge in [-0.3, -0.25) is 0 Å². The first-order chi connectivity index (χ1) is 22.7. The second-order valence-corrected chi connectivity index (χ2v) is 16.1. The minimum atomic E-state index is -0.424. The summed E-state index contributed by atoms with van der Waals surface area (Å²) in [6.45, 7) is 14.7. The molecule has 234 valence electrons. The normalized spacial score (nSPS) is 18.3. The highest BCUT2D eigenvalue weighted by Gasteiger charge is 2.58. The summed E-state index contributed by atoms with van der Waals surface area (Å²) in [6.07, 6.45) is 5.35. The number of fused-ring (bicyclic) bond motifs is 13. The highest BCUT2D eigenvalue weighted by Crippen LogP contribution is 2.51. The Balaban J connectivity index is 1.48. The van der Waals surface area contributed by atoms with Crippen LogP contribution in [0.2, 0.25) is 0 Å². The molecule has 9 rings (SSSR count). The average Bonchev–Trinajstić information content (AvgIpc) is 3.68. The number of aryl methyl sites for hydroxylation is 1. The lowest BCUT2D eigenvalue weighted by Crippen LogP contribution is -2.62. The van der Waals surface area contributed by atoms with Crippen molar-refractivity contribution in [3.05, 3.63) is 114 Å². The summed E-state index contributed by atoms with van der Waals surface area (Å²) in [5, 5.41) is 9.68. The van der Waals surface area contributed by atoms with Crippen LogP contribution >= 0.6 is 11.3 Å². The Bertz CT molecular complexity index is 2400. The van der Waals surface area contributed by atoms with Crippen LogP contribution in [-0.2, 0) is 23.0 Å². The van der Waals surface area contributed by atoms with Crippen LogP contribution in [0, 0.1) is 6.92 Å². The molecule has 0 radical (unpaired) electrons. The lowest BCUT2D eigenvalue weighted by molar-refractivity contribution is -0.760. The summed E-state index contributed by atoms with van der Waals surface area (Å²) in [6, 6.07) is 34.5. The molecular weight excluding hydrogens is 593 g/mol.